The molecule has 0 saturated heterocycles. The molecule has 28 aromatic rings. The summed E-state index contributed by atoms with van der Waals surface area (Å²) in [4.78, 5) is 0. The summed E-state index contributed by atoms with van der Waals surface area (Å²) < 4.78 is 14.3. The summed E-state index contributed by atoms with van der Waals surface area (Å²) in [7, 11) is 0. The van der Waals surface area contributed by atoms with Crippen molar-refractivity contribution in [2.75, 3.05) is 0 Å². The van der Waals surface area contributed by atoms with Crippen molar-refractivity contribution in [3.05, 3.63) is 534 Å². The van der Waals surface area contributed by atoms with Crippen molar-refractivity contribution in [2.24, 2.45) is 0 Å². The largest absolute Gasteiger partial charge is 0.309 e. The van der Waals surface area contributed by atoms with E-state index >= 15 is 0 Å². The van der Waals surface area contributed by atoms with E-state index < -0.39 is 0 Å². The van der Waals surface area contributed by atoms with Gasteiger partial charge in [-0.3, -0.25) is 0 Å². The van der Waals surface area contributed by atoms with Crippen LogP contribution in [0.15, 0.2) is 534 Å². The minimum atomic E-state index is 1.15. The molecule has 0 spiro atoms. The second-order valence-corrected chi connectivity index (χ2v) is 35.8. The van der Waals surface area contributed by atoms with Gasteiger partial charge in [-0.25, -0.2) is 0 Å². The van der Waals surface area contributed by atoms with Crippen LogP contribution in [0.4, 0.5) is 0 Å². The smallest absolute Gasteiger partial charge is 0.0541 e. The van der Waals surface area contributed by atoms with Crippen molar-refractivity contribution in [3.8, 4) is 112 Å². The summed E-state index contributed by atoms with van der Waals surface area (Å²) in [5, 5.41) is 15.1. The first-order valence-electron chi connectivity index (χ1n) is 47.4. The van der Waals surface area contributed by atoms with Gasteiger partial charge in [0.25, 0.3) is 0 Å². The van der Waals surface area contributed by atoms with Crippen LogP contribution in [0.1, 0.15) is 0 Å². The Hall–Kier alpha value is -18.4. The van der Waals surface area contributed by atoms with Crippen LogP contribution in [0.3, 0.4) is 0 Å². The lowest BCUT2D eigenvalue weighted by Gasteiger charge is -2.11. The van der Waals surface area contributed by atoms with Crippen molar-refractivity contribution < 1.29 is 0 Å². The monoisotopic (exact) mass is 1760 g/mol. The number of aromatic nitrogens is 6. The Kier molecular flexibility index (Phi) is 19.9. The van der Waals surface area contributed by atoms with Crippen molar-refractivity contribution in [1.82, 2.24) is 27.4 Å². The number of benzene rings is 22. The Morgan fingerprint density at radius 2 is 0.225 bits per heavy atom. The topological polar surface area (TPSA) is 29.6 Å². The highest BCUT2D eigenvalue weighted by molar-refractivity contribution is 6.17. The van der Waals surface area contributed by atoms with Gasteiger partial charge < -0.3 is 27.4 Å². The molecule has 646 valence electrons. The van der Waals surface area contributed by atoms with E-state index in [1.54, 1.807) is 0 Å². The molecule has 138 heavy (non-hydrogen) atoms. The zero-order valence-electron chi connectivity index (χ0n) is 75.5. The van der Waals surface area contributed by atoms with Crippen LogP contribution >= 0.6 is 0 Å². The second-order valence-electron chi connectivity index (χ2n) is 35.8. The van der Waals surface area contributed by atoms with Crippen molar-refractivity contribution >= 4 is 131 Å². The first kappa shape index (κ1) is 80.5. The molecule has 0 unspecified atom stereocenters. The molecule has 0 radical (unpaired) electrons. The van der Waals surface area contributed by atoms with Gasteiger partial charge in [-0.1, -0.05) is 346 Å². The van der Waals surface area contributed by atoms with Crippen LogP contribution in [0.2, 0.25) is 0 Å². The molecular weight excluding hydrogens is 1670 g/mol. The van der Waals surface area contributed by atoms with E-state index in [2.05, 4.69) is 561 Å². The van der Waals surface area contributed by atoms with E-state index in [0.29, 0.717) is 0 Å². The highest BCUT2D eigenvalue weighted by Crippen LogP contribution is 2.46. The molecule has 0 aliphatic rings. The molecule has 0 aliphatic heterocycles. The Bertz CT molecular complexity index is 9520. The summed E-state index contributed by atoms with van der Waals surface area (Å²) in [6.07, 6.45) is 0. The van der Waals surface area contributed by atoms with Gasteiger partial charge in [0.15, 0.2) is 0 Å². The third kappa shape index (κ3) is 14.0. The molecule has 0 atom stereocenters. The lowest BCUT2D eigenvalue weighted by Crippen LogP contribution is -1.94. The van der Waals surface area contributed by atoms with E-state index in [1.807, 2.05) is 0 Å². The van der Waals surface area contributed by atoms with Gasteiger partial charge in [0.05, 0.1) is 66.2 Å². The molecule has 6 nitrogen and oxygen atoms in total. The fraction of sp³-hybridized carbons (Fsp3) is 0. The van der Waals surface area contributed by atoms with Gasteiger partial charge in [0.1, 0.15) is 0 Å². The Labute approximate surface area is 798 Å². The van der Waals surface area contributed by atoms with Crippen LogP contribution in [0, 0.1) is 0 Å². The molecule has 0 N–H and O–H groups in total. The molecule has 0 fully saturated rings. The maximum Gasteiger partial charge on any atom is 0.0541 e. The van der Waals surface area contributed by atoms with Crippen LogP contribution < -0.4 is 0 Å². The average molecular weight is 1760 g/mol. The first-order valence-corrected chi connectivity index (χ1v) is 47.4. The summed E-state index contributed by atoms with van der Waals surface area (Å²) in [5.74, 6) is 0. The van der Waals surface area contributed by atoms with Gasteiger partial charge >= 0.3 is 0 Å². The lowest BCUT2D eigenvalue weighted by atomic mass is 9.99. The standard InChI is InChI=1S/C48H32N2.2C42H28N2/c1-4-12-33(13-5-1)35-20-25-40(26-21-35)50-47-27-22-36(34-14-6-2-7-15-34)30-43(47)44-32-38(24-29-48(44)50)37-23-28-46-42(31-37)41-18-10-11-19-45(41)49(46)39-16-8-3-9-17-39;1-3-12-29(13-4-1)30-14-11-17-34(26-30)44-40-21-10-8-19-36(40)38-28-32(23-25-42(38)44)31-22-24-41-37(27-31)35-18-7-9-20-39(35)43(41)33-15-5-2-6-16-33;1-3-11-29(12-4-1)30-19-23-34(24-20-30)44-40-18-10-8-16-36(40)38-28-32(22-26-42(38)44)31-21-25-41-37(27-31)35-15-7-9-17-39(35)43(41)33-13-5-2-6-14-33/h1-32H;2*1-28H. The van der Waals surface area contributed by atoms with Gasteiger partial charge in [-0.2, -0.15) is 0 Å². The number of para-hydroxylation sites is 8. The number of rotatable bonds is 13. The molecule has 0 bridgehead atoms. The van der Waals surface area contributed by atoms with Gasteiger partial charge in [0.2, 0.25) is 0 Å². The average Bonchev–Trinajstić information content (AvgIpc) is 1.65. The molecule has 6 aromatic heterocycles. The van der Waals surface area contributed by atoms with Crippen LogP contribution in [-0.2, 0) is 0 Å². The third-order valence-corrected chi connectivity index (χ3v) is 28.0. The molecule has 28 rings (SSSR count). The highest BCUT2D eigenvalue weighted by atomic mass is 15.0. The fourth-order valence-electron chi connectivity index (χ4n) is 21.5. The quantitative estimate of drug-likeness (QED) is 0.110. The maximum atomic E-state index is 2.41. The summed E-state index contributed by atoms with van der Waals surface area (Å²) in [5.41, 5.74) is 38.7. The van der Waals surface area contributed by atoms with E-state index in [-0.39, 0.29) is 0 Å². The second kappa shape index (κ2) is 34.0. The van der Waals surface area contributed by atoms with Crippen LogP contribution in [-0.4, -0.2) is 27.4 Å². The number of fused-ring (bicyclic) bond motifs is 18. The zero-order valence-corrected chi connectivity index (χ0v) is 75.5. The molecule has 6 heteroatoms. The van der Waals surface area contributed by atoms with E-state index in [9.17, 15) is 0 Å². The van der Waals surface area contributed by atoms with Gasteiger partial charge in [-0.15, -0.1) is 0 Å². The molecule has 0 aliphatic carbocycles. The predicted octanol–water partition coefficient (Wildman–Crippen LogP) is 35.3. The highest BCUT2D eigenvalue weighted by Gasteiger charge is 2.23. The Morgan fingerprint density at radius 3 is 0.471 bits per heavy atom. The summed E-state index contributed by atoms with van der Waals surface area (Å²) in [6.45, 7) is 0. The number of nitrogens with zero attached hydrogens (tertiary/aromatic N) is 6. The molecule has 22 aromatic carbocycles. The minimum absolute atomic E-state index is 1.15. The van der Waals surface area contributed by atoms with Gasteiger partial charge in [0, 0.05) is 98.8 Å². The fourth-order valence-corrected chi connectivity index (χ4v) is 21.5. The Morgan fingerprint density at radius 1 is 0.0797 bits per heavy atom. The molecule has 0 amide bonds. The maximum absolute atomic E-state index is 2.41. The minimum Gasteiger partial charge on any atom is -0.309 e. The number of hydrogen-bond acceptors (Lipinski definition) is 0. The number of hydrogen-bond donors (Lipinski definition) is 0. The van der Waals surface area contributed by atoms with E-state index in [1.165, 1.54) is 237 Å². The molecule has 0 saturated carbocycles. The predicted molar refractivity (Wildman–Crippen MR) is 583 cm³/mol. The van der Waals surface area contributed by atoms with Crippen molar-refractivity contribution in [2.45, 2.75) is 0 Å². The first-order chi connectivity index (χ1) is 68.5. The van der Waals surface area contributed by atoms with Crippen LogP contribution in [0.25, 0.3) is 243 Å². The Balaban J connectivity index is 0.000000107. The van der Waals surface area contributed by atoms with Crippen molar-refractivity contribution in [1.29, 1.82) is 0 Å². The zero-order chi connectivity index (χ0) is 91.1. The van der Waals surface area contributed by atoms with Crippen molar-refractivity contribution in [3.63, 3.8) is 0 Å². The molecule has 6 heterocycles. The molecular formula is C132H88N6. The van der Waals surface area contributed by atoms with E-state index in [0.717, 1.165) is 5.69 Å². The summed E-state index contributed by atoms with van der Waals surface area (Å²) >= 11 is 0. The normalized spacial score (nSPS) is 11.6. The third-order valence-electron chi connectivity index (χ3n) is 28.0. The van der Waals surface area contributed by atoms with Gasteiger partial charge in [-0.05, 0) is 266 Å². The lowest BCUT2D eigenvalue weighted by molar-refractivity contribution is 1.18. The summed E-state index contributed by atoms with van der Waals surface area (Å²) in [6, 6.07) is 193. The SMILES string of the molecule is c1ccc(-c2ccc(-n3c4ccc(-c5ccccc5)cc4c4cc(-c5ccc6c(c5)c5ccccc5n6-c5ccccc5)ccc43)cc2)cc1.c1ccc(-c2ccc(-n3c4ccccc4c4cc(-c5ccc6c(c5)c5ccccc5n6-c5ccccc5)ccc43)cc2)cc1.c1ccc(-c2cccc(-n3c4ccccc4c4cc(-c5ccc6c(c5)c5ccccc5n6-c5ccccc5)ccc43)c2)cc1. The van der Waals surface area contributed by atoms with E-state index in [4.69, 9.17) is 0 Å². The van der Waals surface area contributed by atoms with Crippen LogP contribution in [0.5, 0.6) is 0 Å².